The Labute approximate surface area is 141 Å². The van der Waals surface area contributed by atoms with Gasteiger partial charge in [0.2, 0.25) is 6.79 Å². The molecule has 0 saturated heterocycles. The summed E-state index contributed by atoms with van der Waals surface area (Å²) in [6.07, 6.45) is 3.51. The molecule has 0 spiro atoms. The van der Waals surface area contributed by atoms with Gasteiger partial charge in [-0.1, -0.05) is 12.1 Å². The quantitative estimate of drug-likeness (QED) is 0.812. The molecule has 24 heavy (non-hydrogen) atoms. The lowest BCUT2D eigenvalue weighted by Crippen LogP contribution is -2.36. The molecule has 0 fully saturated rings. The summed E-state index contributed by atoms with van der Waals surface area (Å²) in [7, 11) is 3.98. The molecule has 3 rings (SSSR count). The predicted molar refractivity (Wildman–Crippen MR) is 90.1 cm³/mol. The van der Waals surface area contributed by atoms with Gasteiger partial charge in [-0.05, 0) is 37.9 Å². The summed E-state index contributed by atoms with van der Waals surface area (Å²) < 4.78 is 10.9. The van der Waals surface area contributed by atoms with Crippen molar-refractivity contribution in [3.05, 3.63) is 53.9 Å². The van der Waals surface area contributed by atoms with E-state index in [1.165, 1.54) is 0 Å². The monoisotopic (exact) mass is 327 g/mol. The van der Waals surface area contributed by atoms with Gasteiger partial charge in [-0.25, -0.2) is 0 Å². The number of para-hydroxylation sites is 1. The van der Waals surface area contributed by atoms with E-state index in [4.69, 9.17) is 9.47 Å². The molecule has 0 radical (unpaired) electrons. The number of hydrogen-bond acceptors (Lipinski definition) is 5. The molecule has 1 aliphatic heterocycles. The lowest BCUT2D eigenvalue weighted by molar-refractivity contribution is 0.0727. The zero-order valence-corrected chi connectivity index (χ0v) is 13.9. The average molecular weight is 327 g/mol. The third-order valence-corrected chi connectivity index (χ3v) is 3.83. The number of ether oxygens (including phenoxy) is 2. The Hall–Kier alpha value is -2.60. The highest BCUT2D eigenvalue weighted by atomic mass is 16.7. The third kappa shape index (κ3) is 3.65. The van der Waals surface area contributed by atoms with Crippen molar-refractivity contribution in [1.82, 2.24) is 14.8 Å². The van der Waals surface area contributed by atoms with E-state index < -0.39 is 0 Å². The summed E-state index contributed by atoms with van der Waals surface area (Å²) in [4.78, 5) is 21.1. The molecule has 126 valence electrons. The minimum Gasteiger partial charge on any atom is -0.454 e. The van der Waals surface area contributed by atoms with Crippen LogP contribution in [0.5, 0.6) is 11.5 Å². The number of benzene rings is 1. The Morgan fingerprint density at radius 2 is 2.04 bits per heavy atom. The third-order valence-electron chi connectivity index (χ3n) is 3.83. The van der Waals surface area contributed by atoms with Crippen LogP contribution in [0.1, 0.15) is 15.9 Å². The van der Waals surface area contributed by atoms with Gasteiger partial charge in [0.15, 0.2) is 11.5 Å². The fraction of sp³-hybridized carbons (Fsp3) is 0.333. The first-order chi connectivity index (χ1) is 11.6. The minimum absolute atomic E-state index is 0.0666. The first-order valence-electron chi connectivity index (χ1n) is 7.86. The molecule has 0 N–H and O–H groups in total. The number of fused-ring (bicyclic) bond motifs is 1. The van der Waals surface area contributed by atoms with Crippen molar-refractivity contribution in [3.63, 3.8) is 0 Å². The molecular weight excluding hydrogens is 306 g/mol. The molecule has 0 unspecified atom stereocenters. The first-order valence-corrected chi connectivity index (χ1v) is 7.86. The van der Waals surface area contributed by atoms with Crippen molar-refractivity contribution in [1.29, 1.82) is 0 Å². The number of rotatable bonds is 6. The van der Waals surface area contributed by atoms with E-state index in [2.05, 4.69) is 9.88 Å². The van der Waals surface area contributed by atoms with E-state index in [-0.39, 0.29) is 12.7 Å². The van der Waals surface area contributed by atoms with Crippen LogP contribution in [-0.2, 0) is 6.54 Å². The fourth-order valence-electron chi connectivity index (χ4n) is 2.55. The maximum Gasteiger partial charge on any atom is 0.258 e. The number of pyridine rings is 1. The molecular formula is C18H21N3O3. The van der Waals surface area contributed by atoms with E-state index in [0.717, 1.165) is 12.1 Å². The Bertz CT molecular complexity index is 704. The highest BCUT2D eigenvalue weighted by molar-refractivity contribution is 5.98. The highest BCUT2D eigenvalue weighted by Crippen LogP contribution is 2.36. The Balaban J connectivity index is 1.84. The van der Waals surface area contributed by atoms with Crippen LogP contribution in [0.4, 0.5) is 0 Å². The van der Waals surface area contributed by atoms with E-state index in [1.54, 1.807) is 18.5 Å². The highest BCUT2D eigenvalue weighted by Gasteiger charge is 2.25. The number of likely N-dealkylation sites (N-methyl/N-ethyl adjacent to an activating group) is 1. The predicted octanol–water partition coefficient (Wildman–Crippen LogP) is 2.01. The van der Waals surface area contributed by atoms with Crippen LogP contribution in [0.15, 0.2) is 42.7 Å². The van der Waals surface area contributed by atoms with Crippen molar-refractivity contribution in [2.24, 2.45) is 0 Å². The van der Waals surface area contributed by atoms with Gasteiger partial charge < -0.3 is 19.3 Å². The van der Waals surface area contributed by atoms with Gasteiger partial charge in [0.1, 0.15) is 0 Å². The molecule has 0 saturated carbocycles. The number of carbonyl (C=O) groups excluding carboxylic acids is 1. The lowest BCUT2D eigenvalue weighted by Gasteiger charge is -2.25. The van der Waals surface area contributed by atoms with Gasteiger partial charge in [-0.2, -0.15) is 0 Å². The molecule has 0 atom stereocenters. The summed E-state index contributed by atoms with van der Waals surface area (Å²) in [6.45, 7) is 2.05. The van der Waals surface area contributed by atoms with Crippen LogP contribution >= 0.6 is 0 Å². The Morgan fingerprint density at radius 3 is 2.79 bits per heavy atom. The largest absolute Gasteiger partial charge is 0.454 e. The van der Waals surface area contributed by atoms with Gasteiger partial charge in [0.25, 0.3) is 5.91 Å². The molecule has 1 aromatic heterocycles. The summed E-state index contributed by atoms with van der Waals surface area (Å²) in [5.41, 5.74) is 1.53. The molecule has 0 bridgehead atoms. The summed E-state index contributed by atoms with van der Waals surface area (Å²) in [5, 5.41) is 0. The zero-order valence-electron chi connectivity index (χ0n) is 13.9. The number of amides is 1. The van der Waals surface area contributed by atoms with Crippen LogP contribution < -0.4 is 9.47 Å². The summed E-state index contributed by atoms with van der Waals surface area (Å²) >= 11 is 0. The maximum absolute atomic E-state index is 13.1. The molecule has 1 amide bonds. The van der Waals surface area contributed by atoms with Crippen molar-refractivity contribution in [3.8, 4) is 11.5 Å². The van der Waals surface area contributed by atoms with Gasteiger partial charge in [0, 0.05) is 32.0 Å². The van der Waals surface area contributed by atoms with Crippen LogP contribution in [0, 0.1) is 0 Å². The molecule has 1 aromatic carbocycles. The standard InChI is InChI=1S/C18H21N3O3/c1-20(2)9-10-21(12-14-5-4-8-19-11-14)18(22)15-6-3-7-16-17(15)24-13-23-16/h3-8,11H,9-10,12-13H2,1-2H3. The summed E-state index contributed by atoms with van der Waals surface area (Å²) in [5.74, 6) is 1.08. The van der Waals surface area contributed by atoms with E-state index in [0.29, 0.717) is 30.2 Å². The number of nitrogens with zero attached hydrogens (tertiary/aromatic N) is 3. The van der Waals surface area contributed by atoms with Crippen LogP contribution in [-0.4, -0.2) is 54.7 Å². The summed E-state index contributed by atoms with van der Waals surface area (Å²) in [6, 6.07) is 9.25. The zero-order chi connectivity index (χ0) is 16.9. The number of hydrogen-bond donors (Lipinski definition) is 0. The molecule has 2 aromatic rings. The first kappa shape index (κ1) is 16.3. The topological polar surface area (TPSA) is 54.9 Å². The van der Waals surface area contributed by atoms with Gasteiger partial charge >= 0.3 is 0 Å². The Morgan fingerprint density at radius 1 is 1.17 bits per heavy atom. The average Bonchev–Trinajstić information content (AvgIpc) is 3.07. The molecule has 1 aliphatic rings. The van der Waals surface area contributed by atoms with Gasteiger partial charge in [-0.15, -0.1) is 0 Å². The van der Waals surface area contributed by atoms with Gasteiger partial charge in [0.05, 0.1) is 5.56 Å². The van der Waals surface area contributed by atoms with Crippen LogP contribution in [0.3, 0.4) is 0 Å². The van der Waals surface area contributed by atoms with E-state index >= 15 is 0 Å². The molecule has 6 nitrogen and oxygen atoms in total. The van der Waals surface area contributed by atoms with Crippen LogP contribution in [0.25, 0.3) is 0 Å². The second-order valence-electron chi connectivity index (χ2n) is 5.93. The van der Waals surface area contributed by atoms with Crippen molar-refractivity contribution in [2.45, 2.75) is 6.54 Å². The molecule has 6 heteroatoms. The van der Waals surface area contributed by atoms with Crippen molar-refractivity contribution in [2.75, 3.05) is 34.0 Å². The normalized spacial score (nSPS) is 12.5. The molecule has 2 heterocycles. The Kier molecular flexibility index (Phi) is 4.96. The number of carbonyl (C=O) groups is 1. The van der Waals surface area contributed by atoms with E-state index in [1.807, 2.05) is 43.3 Å². The van der Waals surface area contributed by atoms with Crippen molar-refractivity contribution >= 4 is 5.91 Å². The van der Waals surface area contributed by atoms with Gasteiger partial charge in [-0.3, -0.25) is 9.78 Å². The van der Waals surface area contributed by atoms with Crippen molar-refractivity contribution < 1.29 is 14.3 Å². The maximum atomic E-state index is 13.1. The fourth-order valence-corrected chi connectivity index (χ4v) is 2.55. The second-order valence-corrected chi connectivity index (χ2v) is 5.93. The number of aromatic nitrogens is 1. The van der Waals surface area contributed by atoms with E-state index in [9.17, 15) is 4.79 Å². The SMILES string of the molecule is CN(C)CCN(Cc1cccnc1)C(=O)c1cccc2c1OCO2. The smallest absolute Gasteiger partial charge is 0.258 e. The minimum atomic E-state index is -0.0666. The van der Waals surface area contributed by atoms with Crippen LogP contribution in [0.2, 0.25) is 0 Å². The molecule has 0 aliphatic carbocycles. The lowest BCUT2D eigenvalue weighted by atomic mass is 10.1. The second kappa shape index (κ2) is 7.31.